The van der Waals surface area contributed by atoms with Crippen LogP contribution in [0.2, 0.25) is 0 Å². The van der Waals surface area contributed by atoms with Gasteiger partial charge in [0.15, 0.2) is 0 Å². The summed E-state index contributed by atoms with van der Waals surface area (Å²) >= 11 is 0. The third-order valence-corrected chi connectivity index (χ3v) is 3.99. The molecule has 1 N–H and O–H groups in total. The molecule has 3 amide bonds. The van der Waals surface area contributed by atoms with Gasteiger partial charge in [-0.15, -0.1) is 0 Å². The number of carbonyl (C=O) groups excluding carboxylic acids is 3. The lowest BCUT2D eigenvalue weighted by Crippen LogP contribution is -2.48. The van der Waals surface area contributed by atoms with Crippen LogP contribution in [0.1, 0.15) is 26.6 Å². The minimum Gasteiger partial charge on any atom is -0.467 e. The normalized spacial score (nSPS) is 14.2. The zero-order valence-electron chi connectivity index (χ0n) is 13.6. The van der Waals surface area contributed by atoms with Gasteiger partial charge in [-0.1, -0.05) is 0 Å². The van der Waals surface area contributed by atoms with E-state index in [-0.39, 0.29) is 24.1 Å². The van der Waals surface area contributed by atoms with Crippen LogP contribution in [0.15, 0.2) is 41.1 Å². The van der Waals surface area contributed by atoms with Crippen molar-refractivity contribution in [3.05, 3.63) is 53.7 Å². The number of furan rings is 1. The molecule has 8 heteroatoms. The molecule has 1 aliphatic heterocycles. The summed E-state index contributed by atoms with van der Waals surface area (Å²) in [4.78, 5) is 42.8. The second-order valence-corrected chi connectivity index (χ2v) is 5.63. The standard InChI is InChI=1S/C17H18N4O4/c22-12-20-5-7-21(8-6-20)17(24)13-3-4-18-15(10-13)16(23)19-11-14-2-1-9-25-14/h1-4,9-10,12H,5-8,11H2,(H,19,23). The van der Waals surface area contributed by atoms with E-state index >= 15 is 0 Å². The molecule has 0 aromatic carbocycles. The van der Waals surface area contributed by atoms with Crippen molar-refractivity contribution in [1.82, 2.24) is 20.1 Å². The van der Waals surface area contributed by atoms with Gasteiger partial charge in [-0.25, -0.2) is 0 Å². The lowest BCUT2D eigenvalue weighted by atomic mass is 10.1. The second-order valence-electron chi connectivity index (χ2n) is 5.63. The average Bonchev–Trinajstić information content (AvgIpc) is 3.19. The molecule has 2 aromatic heterocycles. The molecule has 8 nitrogen and oxygen atoms in total. The Morgan fingerprint density at radius 3 is 2.72 bits per heavy atom. The number of hydrogen-bond donors (Lipinski definition) is 1. The van der Waals surface area contributed by atoms with E-state index in [1.54, 1.807) is 28.0 Å². The minimum atomic E-state index is -0.378. The lowest BCUT2D eigenvalue weighted by molar-refractivity contribution is -0.119. The molecule has 1 fully saturated rings. The third-order valence-electron chi connectivity index (χ3n) is 3.99. The Labute approximate surface area is 144 Å². The molecular weight excluding hydrogens is 324 g/mol. The topological polar surface area (TPSA) is 95.8 Å². The SMILES string of the molecule is O=CN1CCN(C(=O)c2ccnc(C(=O)NCc3ccco3)c2)CC1. The van der Waals surface area contributed by atoms with Gasteiger partial charge in [0.25, 0.3) is 11.8 Å². The van der Waals surface area contributed by atoms with Crippen LogP contribution in [0.25, 0.3) is 0 Å². The Kier molecular flexibility index (Phi) is 5.08. The summed E-state index contributed by atoms with van der Waals surface area (Å²) in [5.74, 6) is 0.0819. The molecule has 0 aliphatic carbocycles. The first-order valence-electron chi connectivity index (χ1n) is 7.92. The molecule has 130 valence electrons. The fourth-order valence-electron chi connectivity index (χ4n) is 2.57. The molecule has 0 spiro atoms. The highest BCUT2D eigenvalue weighted by molar-refractivity contribution is 5.98. The highest BCUT2D eigenvalue weighted by Gasteiger charge is 2.22. The largest absolute Gasteiger partial charge is 0.467 e. The zero-order chi connectivity index (χ0) is 17.6. The van der Waals surface area contributed by atoms with Gasteiger partial charge in [0.2, 0.25) is 6.41 Å². The summed E-state index contributed by atoms with van der Waals surface area (Å²) in [5, 5.41) is 2.69. The van der Waals surface area contributed by atoms with Crippen LogP contribution >= 0.6 is 0 Å². The number of piperazine rings is 1. The maximum absolute atomic E-state index is 12.6. The summed E-state index contributed by atoms with van der Waals surface area (Å²) in [6.07, 6.45) is 3.76. The molecule has 1 aliphatic rings. The van der Waals surface area contributed by atoms with Crippen LogP contribution in [0.3, 0.4) is 0 Å². The number of nitrogens with zero attached hydrogens (tertiary/aromatic N) is 3. The summed E-state index contributed by atoms with van der Waals surface area (Å²) in [7, 11) is 0. The van der Waals surface area contributed by atoms with E-state index in [2.05, 4.69) is 10.3 Å². The molecular formula is C17H18N4O4. The van der Waals surface area contributed by atoms with Crippen LogP contribution in [0.4, 0.5) is 0 Å². The number of aromatic nitrogens is 1. The second kappa shape index (κ2) is 7.61. The van der Waals surface area contributed by atoms with Gasteiger partial charge in [-0.3, -0.25) is 19.4 Å². The molecule has 0 unspecified atom stereocenters. The fraction of sp³-hybridized carbons (Fsp3) is 0.294. The number of rotatable bonds is 5. The first-order valence-corrected chi connectivity index (χ1v) is 7.92. The monoisotopic (exact) mass is 342 g/mol. The first-order chi connectivity index (χ1) is 12.2. The van der Waals surface area contributed by atoms with E-state index in [4.69, 9.17) is 4.42 Å². The lowest BCUT2D eigenvalue weighted by Gasteiger charge is -2.32. The fourth-order valence-corrected chi connectivity index (χ4v) is 2.57. The quantitative estimate of drug-likeness (QED) is 0.799. The Balaban J connectivity index is 1.63. The predicted octanol–water partition coefficient (Wildman–Crippen LogP) is 0.519. The van der Waals surface area contributed by atoms with Gasteiger partial charge < -0.3 is 19.5 Å². The van der Waals surface area contributed by atoms with Crippen molar-refractivity contribution in [1.29, 1.82) is 0 Å². The Morgan fingerprint density at radius 2 is 2.04 bits per heavy atom. The van der Waals surface area contributed by atoms with Crippen LogP contribution < -0.4 is 5.32 Å². The maximum atomic E-state index is 12.6. The molecule has 3 heterocycles. The van der Waals surface area contributed by atoms with Gasteiger partial charge >= 0.3 is 0 Å². The summed E-state index contributed by atoms with van der Waals surface area (Å²) < 4.78 is 5.15. The van der Waals surface area contributed by atoms with Crippen LogP contribution in [-0.4, -0.2) is 59.2 Å². The van der Waals surface area contributed by atoms with Crippen molar-refractivity contribution in [2.45, 2.75) is 6.54 Å². The van der Waals surface area contributed by atoms with Crippen molar-refractivity contribution < 1.29 is 18.8 Å². The van der Waals surface area contributed by atoms with Crippen molar-refractivity contribution in [2.75, 3.05) is 26.2 Å². The molecule has 0 atom stereocenters. The number of amides is 3. The van der Waals surface area contributed by atoms with Crippen LogP contribution in [0.5, 0.6) is 0 Å². The first kappa shape index (κ1) is 16.7. The van der Waals surface area contributed by atoms with Gasteiger partial charge in [0.05, 0.1) is 12.8 Å². The Morgan fingerprint density at radius 1 is 1.24 bits per heavy atom. The molecule has 25 heavy (non-hydrogen) atoms. The predicted molar refractivity (Wildman–Crippen MR) is 87.7 cm³/mol. The van der Waals surface area contributed by atoms with E-state index in [9.17, 15) is 14.4 Å². The van der Waals surface area contributed by atoms with E-state index in [1.807, 2.05) is 0 Å². The molecule has 2 aromatic rings. The maximum Gasteiger partial charge on any atom is 0.270 e. The van der Waals surface area contributed by atoms with Gasteiger partial charge in [-0.05, 0) is 24.3 Å². The molecule has 1 saturated heterocycles. The third kappa shape index (κ3) is 4.03. The van der Waals surface area contributed by atoms with Gasteiger partial charge in [0.1, 0.15) is 11.5 Å². The van der Waals surface area contributed by atoms with E-state index in [0.717, 1.165) is 6.41 Å². The number of pyridine rings is 1. The van der Waals surface area contributed by atoms with E-state index in [1.165, 1.54) is 18.5 Å². The van der Waals surface area contributed by atoms with Crippen molar-refractivity contribution >= 4 is 18.2 Å². The zero-order valence-corrected chi connectivity index (χ0v) is 13.6. The summed E-state index contributed by atoms with van der Waals surface area (Å²) in [6, 6.07) is 6.56. The number of hydrogen-bond acceptors (Lipinski definition) is 5. The van der Waals surface area contributed by atoms with Crippen molar-refractivity contribution in [3.8, 4) is 0 Å². The summed E-state index contributed by atoms with van der Waals surface area (Å²) in [6.45, 7) is 2.22. The Hall–Kier alpha value is -3.16. The van der Waals surface area contributed by atoms with E-state index in [0.29, 0.717) is 37.5 Å². The number of carbonyl (C=O) groups is 3. The van der Waals surface area contributed by atoms with Crippen molar-refractivity contribution in [2.24, 2.45) is 0 Å². The van der Waals surface area contributed by atoms with Crippen molar-refractivity contribution in [3.63, 3.8) is 0 Å². The Bertz CT molecular complexity index is 752. The number of nitrogens with one attached hydrogen (secondary N) is 1. The highest BCUT2D eigenvalue weighted by Crippen LogP contribution is 2.09. The highest BCUT2D eigenvalue weighted by atomic mass is 16.3. The van der Waals surface area contributed by atoms with Gasteiger partial charge in [0, 0.05) is 37.9 Å². The van der Waals surface area contributed by atoms with Gasteiger partial charge in [-0.2, -0.15) is 0 Å². The molecule has 0 bridgehead atoms. The smallest absolute Gasteiger partial charge is 0.270 e. The van der Waals surface area contributed by atoms with Crippen LogP contribution in [0, 0.1) is 0 Å². The van der Waals surface area contributed by atoms with E-state index < -0.39 is 0 Å². The molecule has 0 saturated carbocycles. The molecule has 0 radical (unpaired) electrons. The molecule has 3 rings (SSSR count). The van der Waals surface area contributed by atoms with Crippen LogP contribution in [-0.2, 0) is 11.3 Å². The summed E-state index contributed by atoms with van der Waals surface area (Å²) in [5.41, 5.74) is 0.571. The minimum absolute atomic E-state index is 0.170. The average molecular weight is 342 g/mol.